The van der Waals surface area contributed by atoms with E-state index in [4.69, 9.17) is 11.6 Å². The van der Waals surface area contributed by atoms with Gasteiger partial charge >= 0.3 is 0 Å². The molecular weight excluding hydrogens is 396 g/mol. The van der Waals surface area contributed by atoms with E-state index in [9.17, 15) is 4.79 Å². The molecule has 0 atom stereocenters. The zero-order chi connectivity index (χ0) is 20.8. The molecule has 2 aromatic carbocycles. The Bertz CT molecular complexity index is 948. The summed E-state index contributed by atoms with van der Waals surface area (Å²) in [5.41, 5.74) is 3.56. The normalized spacial score (nSPS) is 15.2. The lowest BCUT2D eigenvalue weighted by Crippen LogP contribution is -2.40. The number of halogens is 1. The molecule has 0 saturated carbocycles. The molecule has 0 spiro atoms. The van der Waals surface area contributed by atoms with Crippen molar-refractivity contribution in [3.05, 3.63) is 89.0 Å². The van der Waals surface area contributed by atoms with Gasteiger partial charge in [-0.2, -0.15) is 0 Å². The van der Waals surface area contributed by atoms with E-state index in [1.54, 1.807) is 6.20 Å². The maximum absolute atomic E-state index is 12.6. The molecule has 1 aliphatic rings. The number of hydrogen-bond acceptors (Lipinski definition) is 3. The molecular formula is C24H27ClN4O. The van der Waals surface area contributed by atoms with Gasteiger partial charge in [-0.3, -0.25) is 9.69 Å². The molecule has 5 nitrogen and oxygen atoms in total. The van der Waals surface area contributed by atoms with E-state index in [0.717, 1.165) is 49.6 Å². The molecule has 1 saturated heterocycles. The van der Waals surface area contributed by atoms with Gasteiger partial charge in [0.25, 0.3) is 0 Å². The minimum absolute atomic E-state index is 0.0983. The van der Waals surface area contributed by atoms with E-state index < -0.39 is 0 Å². The van der Waals surface area contributed by atoms with Gasteiger partial charge in [0.2, 0.25) is 5.91 Å². The van der Waals surface area contributed by atoms with Gasteiger partial charge in [-0.25, -0.2) is 4.98 Å². The molecule has 156 valence electrons. The molecule has 30 heavy (non-hydrogen) atoms. The van der Waals surface area contributed by atoms with Crippen LogP contribution in [-0.4, -0.2) is 33.4 Å². The van der Waals surface area contributed by atoms with Crippen LogP contribution in [0.1, 0.15) is 29.5 Å². The topological polar surface area (TPSA) is 50.2 Å². The Morgan fingerprint density at radius 3 is 2.50 bits per heavy atom. The van der Waals surface area contributed by atoms with Crippen LogP contribution in [0.15, 0.2) is 67.3 Å². The maximum atomic E-state index is 12.6. The van der Waals surface area contributed by atoms with Crippen molar-refractivity contribution in [2.75, 3.05) is 13.1 Å². The standard InChI is InChI=1S/C24H27ClN4O/c25-23-3-1-2-21(14-23)17-28-11-8-22(9-12-28)24(30)27-15-19-4-6-20(7-5-19)16-29-13-10-26-18-29/h1-7,10,13-14,18,22H,8-9,11-12,15-17H2,(H,27,30). The average Bonchev–Trinajstić information content (AvgIpc) is 3.27. The Labute approximate surface area is 182 Å². The summed E-state index contributed by atoms with van der Waals surface area (Å²) in [6, 6.07) is 16.4. The number of amides is 1. The van der Waals surface area contributed by atoms with Crippen LogP contribution in [0.3, 0.4) is 0 Å². The Balaban J connectivity index is 1.20. The molecule has 1 aliphatic heterocycles. The summed E-state index contributed by atoms with van der Waals surface area (Å²) >= 11 is 6.08. The lowest BCUT2D eigenvalue weighted by atomic mass is 9.95. The van der Waals surface area contributed by atoms with Crippen molar-refractivity contribution >= 4 is 17.5 Å². The first-order valence-electron chi connectivity index (χ1n) is 10.4. The van der Waals surface area contributed by atoms with Gasteiger partial charge in [0.1, 0.15) is 0 Å². The van der Waals surface area contributed by atoms with Crippen LogP contribution < -0.4 is 5.32 Å². The monoisotopic (exact) mass is 422 g/mol. The number of nitrogens with one attached hydrogen (secondary N) is 1. The Morgan fingerprint density at radius 1 is 1.03 bits per heavy atom. The summed E-state index contributed by atoms with van der Waals surface area (Å²) in [6.07, 6.45) is 7.35. The van der Waals surface area contributed by atoms with Crippen molar-refractivity contribution in [1.82, 2.24) is 19.8 Å². The van der Waals surface area contributed by atoms with Crippen LogP contribution in [0.2, 0.25) is 5.02 Å². The highest BCUT2D eigenvalue weighted by Crippen LogP contribution is 2.20. The third-order valence-electron chi connectivity index (χ3n) is 5.67. The molecule has 0 unspecified atom stereocenters. The van der Waals surface area contributed by atoms with Gasteiger partial charge in [-0.05, 0) is 54.8 Å². The minimum atomic E-state index is 0.0983. The molecule has 1 fully saturated rings. The summed E-state index contributed by atoms with van der Waals surface area (Å²) in [7, 11) is 0. The van der Waals surface area contributed by atoms with Crippen molar-refractivity contribution < 1.29 is 4.79 Å². The third-order valence-corrected chi connectivity index (χ3v) is 5.90. The van der Waals surface area contributed by atoms with E-state index in [0.29, 0.717) is 6.54 Å². The predicted molar refractivity (Wildman–Crippen MR) is 119 cm³/mol. The first kappa shape index (κ1) is 20.6. The number of nitrogens with zero attached hydrogens (tertiary/aromatic N) is 3. The number of likely N-dealkylation sites (tertiary alicyclic amines) is 1. The fourth-order valence-corrected chi connectivity index (χ4v) is 4.15. The first-order valence-corrected chi connectivity index (χ1v) is 10.8. The number of aromatic nitrogens is 2. The number of carbonyl (C=O) groups is 1. The molecule has 6 heteroatoms. The number of benzene rings is 2. The summed E-state index contributed by atoms with van der Waals surface area (Å²) < 4.78 is 2.04. The van der Waals surface area contributed by atoms with Crippen molar-refractivity contribution in [1.29, 1.82) is 0 Å². The number of hydrogen-bond donors (Lipinski definition) is 1. The van der Waals surface area contributed by atoms with Crippen LogP contribution in [0, 0.1) is 5.92 Å². The van der Waals surface area contributed by atoms with Gasteiger partial charge < -0.3 is 9.88 Å². The van der Waals surface area contributed by atoms with Gasteiger partial charge in [0.15, 0.2) is 0 Å². The van der Waals surface area contributed by atoms with E-state index in [2.05, 4.69) is 45.5 Å². The second-order valence-corrected chi connectivity index (χ2v) is 8.39. The maximum Gasteiger partial charge on any atom is 0.223 e. The lowest BCUT2D eigenvalue weighted by Gasteiger charge is -2.31. The molecule has 1 amide bonds. The highest BCUT2D eigenvalue weighted by Gasteiger charge is 2.24. The van der Waals surface area contributed by atoms with E-state index in [1.807, 2.05) is 35.3 Å². The van der Waals surface area contributed by atoms with Gasteiger partial charge in [-0.1, -0.05) is 48.0 Å². The summed E-state index contributed by atoms with van der Waals surface area (Å²) in [5, 5.41) is 3.89. The SMILES string of the molecule is O=C(NCc1ccc(Cn2ccnc2)cc1)C1CCN(Cc2cccc(Cl)c2)CC1. The van der Waals surface area contributed by atoms with Crippen LogP contribution in [0.5, 0.6) is 0 Å². The summed E-state index contributed by atoms with van der Waals surface area (Å²) in [5.74, 6) is 0.265. The fourth-order valence-electron chi connectivity index (χ4n) is 3.93. The van der Waals surface area contributed by atoms with E-state index >= 15 is 0 Å². The second-order valence-electron chi connectivity index (χ2n) is 7.95. The minimum Gasteiger partial charge on any atom is -0.352 e. The molecule has 0 aliphatic carbocycles. The lowest BCUT2D eigenvalue weighted by molar-refractivity contribution is -0.126. The van der Waals surface area contributed by atoms with E-state index in [1.165, 1.54) is 11.1 Å². The highest BCUT2D eigenvalue weighted by molar-refractivity contribution is 6.30. The smallest absolute Gasteiger partial charge is 0.223 e. The second kappa shape index (κ2) is 9.92. The number of carbonyl (C=O) groups excluding carboxylic acids is 1. The quantitative estimate of drug-likeness (QED) is 0.623. The summed E-state index contributed by atoms with van der Waals surface area (Å²) in [4.78, 5) is 19.1. The largest absolute Gasteiger partial charge is 0.352 e. The first-order chi connectivity index (χ1) is 14.7. The van der Waals surface area contributed by atoms with Crippen molar-refractivity contribution in [3.63, 3.8) is 0 Å². The zero-order valence-corrected chi connectivity index (χ0v) is 17.8. The van der Waals surface area contributed by atoms with Crippen LogP contribution in [0.25, 0.3) is 0 Å². The molecule has 3 aromatic rings. The van der Waals surface area contributed by atoms with Crippen molar-refractivity contribution in [3.8, 4) is 0 Å². The van der Waals surface area contributed by atoms with Crippen LogP contribution in [-0.2, 0) is 24.4 Å². The van der Waals surface area contributed by atoms with Crippen molar-refractivity contribution in [2.45, 2.75) is 32.5 Å². The van der Waals surface area contributed by atoms with Gasteiger partial charge in [0.05, 0.1) is 6.33 Å². The van der Waals surface area contributed by atoms with E-state index in [-0.39, 0.29) is 11.8 Å². The van der Waals surface area contributed by atoms with Crippen LogP contribution >= 0.6 is 11.6 Å². The predicted octanol–water partition coefficient (Wildman–Crippen LogP) is 4.11. The Morgan fingerprint density at radius 2 is 1.80 bits per heavy atom. The molecule has 0 radical (unpaired) electrons. The van der Waals surface area contributed by atoms with Crippen LogP contribution in [0.4, 0.5) is 0 Å². The molecule has 2 heterocycles. The average molecular weight is 423 g/mol. The Hall–Kier alpha value is -2.63. The number of imidazole rings is 1. The van der Waals surface area contributed by atoms with Crippen molar-refractivity contribution in [2.24, 2.45) is 5.92 Å². The number of rotatable bonds is 7. The fraction of sp³-hybridized carbons (Fsp3) is 0.333. The summed E-state index contributed by atoms with van der Waals surface area (Å²) in [6.45, 7) is 4.15. The molecule has 0 bridgehead atoms. The molecule has 1 aromatic heterocycles. The highest BCUT2D eigenvalue weighted by atomic mass is 35.5. The van der Waals surface area contributed by atoms with Gasteiger partial charge in [0, 0.05) is 43.0 Å². The number of piperidine rings is 1. The van der Waals surface area contributed by atoms with Gasteiger partial charge in [-0.15, -0.1) is 0 Å². The molecule has 1 N–H and O–H groups in total. The Kier molecular flexibility index (Phi) is 6.82. The molecule has 4 rings (SSSR count). The zero-order valence-electron chi connectivity index (χ0n) is 17.0. The third kappa shape index (κ3) is 5.71.